The second kappa shape index (κ2) is 17.7. The predicted molar refractivity (Wildman–Crippen MR) is 219 cm³/mol. The third-order valence-corrected chi connectivity index (χ3v) is 9.45. The van der Waals surface area contributed by atoms with Gasteiger partial charge in [-0.15, -0.1) is 0 Å². The van der Waals surface area contributed by atoms with Gasteiger partial charge in [0.15, 0.2) is 29.1 Å². The van der Waals surface area contributed by atoms with Crippen LogP contribution >= 0.6 is 0 Å². The number of oxime groups is 1. The van der Waals surface area contributed by atoms with Gasteiger partial charge in [0.2, 0.25) is 11.5 Å². The van der Waals surface area contributed by atoms with Crippen molar-refractivity contribution >= 4 is 28.8 Å². The quantitative estimate of drug-likeness (QED) is 0.0889. The summed E-state index contributed by atoms with van der Waals surface area (Å²) in [5, 5.41) is 4.93. The molecule has 0 saturated carbocycles. The van der Waals surface area contributed by atoms with Crippen molar-refractivity contribution in [2.75, 3.05) is 48.8 Å². The Morgan fingerprint density at radius 2 is 1.33 bits per heavy atom. The monoisotopic (exact) mass is 769 g/mol. The van der Waals surface area contributed by atoms with E-state index in [1.807, 2.05) is 109 Å². The van der Waals surface area contributed by atoms with Gasteiger partial charge in [0.05, 0.1) is 71.1 Å². The second-order valence-electron chi connectivity index (χ2n) is 12.9. The van der Waals surface area contributed by atoms with Crippen LogP contribution in [0.25, 0.3) is 28.7 Å². The van der Waals surface area contributed by atoms with Crippen LogP contribution in [0, 0.1) is 0 Å². The van der Waals surface area contributed by atoms with Crippen LogP contribution in [-0.4, -0.2) is 64.0 Å². The van der Waals surface area contributed by atoms with Crippen LogP contribution < -0.4 is 38.7 Å². The largest absolute Gasteiger partial charge is 0.493 e. The molecule has 0 amide bonds. The molecule has 12 heteroatoms. The highest BCUT2D eigenvalue weighted by molar-refractivity contribution is 6.02. The van der Waals surface area contributed by atoms with Gasteiger partial charge >= 0.3 is 0 Å². The Hall–Kier alpha value is -6.95. The Morgan fingerprint density at radius 3 is 2.00 bits per heavy atom. The average Bonchev–Trinajstić information content (AvgIpc) is 3.76. The number of hydrogen-bond acceptors (Lipinski definition) is 11. The first-order chi connectivity index (χ1) is 27.9. The van der Waals surface area contributed by atoms with E-state index in [1.54, 1.807) is 46.2 Å². The molecule has 0 spiro atoms. The van der Waals surface area contributed by atoms with Gasteiger partial charge < -0.3 is 38.0 Å². The first-order valence-electron chi connectivity index (χ1n) is 18.3. The van der Waals surface area contributed by atoms with Gasteiger partial charge in [0.1, 0.15) is 11.6 Å². The van der Waals surface area contributed by atoms with Gasteiger partial charge in [-0.25, -0.2) is 4.98 Å². The van der Waals surface area contributed by atoms with E-state index in [0.29, 0.717) is 88.7 Å². The van der Waals surface area contributed by atoms with E-state index in [4.69, 9.17) is 43.0 Å². The van der Waals surface area contributed by atoms with E-state index in [-0.39, 0.29) is 11.7 Å². The minimum absolute atomic E-state index is 0.151. The van der Waals surface area contributed by atoms with Crippen molar-refractivity contribution in [2.45, 2.75) is 18.9 Å². The van der Waals surface area contributed by atoms with Gasteiger partial charge in [-0.3, -0.25) is 9.36 Å². The number of hydrogen-bond donors (Lipinski definition) is 0. The van der Waals surface area contributed by atoms with Crippen molar-refractivity contribution in [3.8, 4) is 45.9 Å². The maximum atomic E-state index is 13.7. The zero-order chi connectivity index (χ0) is 39.7. The molecule has 0 bridgehead atoms. The molecule has 0 saturated heterocycles. The van der Waals surface area contributed by atoms with E-state index in [9.17, 15) is 4.79 Å². The summed E-state index contributed by atoms with van der Waals surface area (Å²) in [7, 11) is 7.87. The first kappa shape index (κ1) is 38.3. The van der Waals surface area contributed by atoms with Crippen molar-refractivity contribution in [2.24, 2.45) is 5.16 Å². The van der Waals surface area contributed by atoms with Gasteiger partial charge in [-0.1, -0.05) is 53.7 Å². The van der Waals surface area contributed by atoms with E-state index >= 15 is 0 Å². The van der Waals surface area contributed by atoms with Crippen molar-refractivity contribution in [3.63, 3.8) is 0 Å². The number of benzene rings is 5. The standard InChI is InChI=1S/C45H43N3O9/c1-50-38-26-31(27-39(51-2)43(38)54-5)37-28-36(47-57-37)30-24-40(52-3)44(41(25-30)53-4)56-23-11-22-55-33-19-17-32(18-20-33)48-42(21-16-29-12-7-6-8-13-29)46-35-15-10-9-14-34(35)45(48)49/h6-10,12-21,24-27,37H,11,22-23,28H2,1-5H3/b21-16+. The van der Waals surface area contributed by atoms with E-state index < -0.39 is 0 Å². The smallest absolute Gasteiger partial charge is 0.266 e. The lowest BCUT2D eigenvalue weighted by Crippen LogP contribution is -2.22. The Labute approximate surface area is 330 Å². The fourth-order valence-corrected chi connectivity index (χ4v) is 6.56. The molecule has 1 aromatic heterocycles. The minimum atomic E-state index is -0.365. The maximum absolute atomic E-state index is 13.7. The van der Waals surface area contributed by atoms with Gasteiger partial charge in [-0.2, -0.15) is 0 Å². The van der Waals surface area contributed by atoms with Crippen molar-refractivity contribution in [1.29, 1.82) is 0 Å². The molecule has 1 aliphatic rings. The van der Waals surface area contributed by atoms with E-state index in [1.165, 1.54) is 0 Å². The highest BCUT2D eigenvalue weighted by atomic mass is 16.6. The number of para-hydroxylation sites is 1. The molecule has 0 aliphatic carbocycles. The van der Waals surface area contributed by atoms with Crippen LogP contribution in [0.3, 0.4) is 0 Å². The SMILES string of the molecule is COc1cc(C2CC(c3cc(OC)c(OCCCOc4ccc(-n5c(/C=C/c6ccccc6)nc6ccccc6c5=O)cc4)c(OC)c3)=NO2)cc(OC)c1OC. The Morgan fingerprint density at radius 1 is 0.702 bits per heavy atom. The average molecular weight is 770 g/mol. The Kier molecular flexibility index (Phi) is 11.9. The maximum Gasteiger partial charge on any atom is 0.266 e. The molecule has 0 N–H and O–H groups in total. The van der Waals surface area contributed by atoms with Crippen LogP contribution in [0.1, 0.15) is 41.5 Å². The molecule has 1 unspecified atom stereocenters. The molecule has 7 rings (SSSR count). The molecule has 6 aromatic rings. The van der Waals surface area contributed by atoms with Crippen LogP contribution in [0.5, 0.6) is 40.2 Å². The summed E-state index contributed by atoms with van der Waals surface area (Å²) in [6.45, 7) is 0.730. The molecular weight excluding hydrogens is 727 g/mol. The lowest BCUT2D eigenvalue weighted by molar-refractivity contribution is 0.0853. The lowest BCUT2D eigenvalue weighted by atomic mass is 9.99. The summed E-state index contributed by atoms with van der Waals surface area (Å²) in [5.41, 5.74) is 4.50. The summed E-state index contributed by atoms with van der Waals surface area (Å²) < 4.78 is 41.8. The number of aromatic nitrogens is 2. The normalized spacial score (nSPS) is 13.6. The van der Waals surface area contributed by atoms with E-state index in [0.717, 1.165) is 22.4 Å². The van der Waals surface area contributed by atoms with Gasteiger partial charge in [0.25, 0.3) is 5.56 Å². The molecule has 12 nitrogen and oxygen atoms in total. The third kappa shape index (κ3) is 8.35. The number of rotatable bonds is 16. The molecule has 1 atom stereocenters. The Balaban J connectivity index is 0.986. The highest BCUT2D eigenvalue weighted by Gasteiger charge is 2.28. The van der Waals surface area contributed by atoms with Crippen molar-refractivity contribution in [1.82, 2.24) is 9.55 Å². The summed E-state index contributed by atoms with van der Waals surface area (Å²) in [6, 6.07) is 32.1. The van der Waals surface area contributed by atoms with Crippen LogP contribution in [0.15, 0.2) is 113 Å². The summed E-state index contributed by atoms with van der Waals surface area (Å²) in [6.07, 6.45) is 4.51. The zero-order valence-corrected chi connectivity index (χ0v) is 32.4. The molecule has 5 aromatic carbocycles. The predicted octanol–water partition coefficient (Wildman–Crippen LogP) is 8.31. The second-order valence-corrected chi connectivity index (χ2v) is 12.9. The zero-order valence-electron chi connectivity index (χ0n) is 32.4. The Bertz CT molecular complexity index is 2410. The summed E-state index contributed by atoms with van der Waals surface area (Å²) in [4.78, 5) is 24.4. The van der Waals surface area contributed by atoms with E-state index in [2.05, 4.69) is 5.16 Å². The van der Waals surface area contributed by atoms with Crippen LogP contribution in [-0.2, 0) is 4.84 Å². The van der Waals surface area contributed by atoms with Crippen molar-refractivity contribution in [3.05, 3.63) is 136 Å². The number of fused-ring (bicyclic) bond motifs is 1. The summed E-state index contributed by atoms with van der Waals surface area (Å²) >= 11 is 0. The minimum Gasteiger partial charge on any atom is -0.493 e. The molecule has 0 fully saturated rings. The van der Waals surface area contributed by atoms with Crippen molar-refractivity contribution < 1.29 is 38.0 Å². The first-order valence-corrected chi connectivity index (χ1v) is 18.3. The lowest BCUT2D eigenvalue weighted by Gasteiger charge is -2.17. The highest BCUT2D eigenvalue weighted by Crippen LogP contribution is 2.44. The van der Waals surface area contributed by atoms with Gasteiger partial charge in [-0.05, 0) is 72.3 Å². The number of ether oxygens (including phenoxy) is 7. The molecular formula is C45H43N3O9. The van der Waals surface area contributed by atoms with Crippen LogP contribution in [0.2, 0.25) is 0 Å². The third-order valence-electron chi connectivity index (χ3n) is 9.45. The fourth-order valence-electron chi connectivity index (χ4n) is 6.56. The fraction of sp³-hybridized carbons (Fsp3) is 0.222. The molecule has 57 heavy (non-hydrogen) atoms. The molecule has 1 aliphatic heterocycles. The van der Waals surface area contributed by atoms with Gasteiger partial charge in [0, 0.05) is 24.0 Å². The summed E-state index contributed by atoms with van der Waals surface area (Å²) in [5.74, 6) is 4.22. The molecule has 2 heterocycles. The topological polar surface area (TPSA) is 121 Å². The number of nitrogens with zero attached hydrogens (tertiary/aromatic N) is 3. The number of methoxy groups -OCH3 is 5. The van der Waals surface area contributed by atoms with Crippen LogP contribution in [0.4, 0.5) is 0 Å². The molecule has 292 valence electrons. The molecule has 0 radical (unpaired) electrons.